The Morgan fingerprint density at radius 2 is 2.00 bits per heavy atom. The van der Waals surface area contributed by atoms with Gasteiger partial charge in [0.1, 0.15) is 0 Å². The van der Waals surface area contributed by atoms with Gasteiger partial charge in [-0.3, -0.25) is 14.9 Å². The molecule has 0 radical (unpaired) electrons. The standard InChI is InChI=1S/C13H14F3NO6S2/c1-2-3-6-23-12(18)8-24-11-5-4-9(7-10(11)17(19)20)25(21,22)13(14,15)16/h4-5,7H,2-3,6,8H2,1H3. The lowest BCUT2D eigenvalue weighted by Gasteiger charge is -2.09. The third kappa shape index (κ3) is 5.59. The van der Waals surface area contributed by atoms with Gasteiger partial charge in [0.2, 0.25) is 0 Å². The number of carbonyl (C=O) groups excluding carboxylic acids is 1. The molecule has 0 bridgehead atoms. The van der Waals surface area contributed by atoms with Gasteiger partial charge in [0, 0.05) is 6.07 Å². The first-order valence-electron chi connectivity index (χ1n) is 6.89. The predicted octanol–water partition coefficient (Wildman–Crippen LogP) is 3.32. The second-order valence-corrected chi connectivity index (χ2v) is 7.66. The number of nitro benzene ring substituents is 1. The van der Waals surface area contributed by atoms with Crippen LogP contribution in [0.5, 0.6) is 0 Å². The summed E-state index contributed by atoms with van der Waals surface area (Å²) in [6.45, 7) is 2.09. The predicted molar refractivity (Wildman–Crippen MR) is 82.9 cm³/mol. The van der Waals surface area contributed by atoms with Gasteiger partial charge in [-0.2, -0.15) is 13.2 Å². The molecule has 0 amide bonds. The highest BCUT2D eigenvalue weighted by atomic mass is 32.2. The molecule has 0 saturated carbocycles. The second-order valence-electron chi connectivity index (χ2n) is 4.70. The van der Waals surface area contributed by atoms with Gasteiger partial charge in [-0.15, -0.1) is 11.8 Å². The molecule has 0 fully saturated rings. The maximum Gasteiger partial charge on any atom is 0.501 e. The molecule has 0 aliphatic heterocycles. The van der Waals surface area contributed by atoms with E-state index in [1.165, 1.54) is 0 Å². The fraction of sp³-hybridized carbons (Fsp3) is 0.462. The Balaban J connectivity index is 3.00. The lowest BCUT2D eigenvalue weighted by Crippen LogP contribution is -2.23. The topological polar surface area (TPSA) is 104 Å². The molecule has 1 rings (SSSR count). The number of unbranched alkanes of at least 4 members (excludes halogenated alkanes) is 1. The summed E-state index contributed by atoms with van der Waals surface area (Å²) in [6, 6.07) is 1.80. The number of carbonyl (C=O) groups is 1. The van der Waals surface area contributed by atoms with Crippen molar-refractivity contribution in [2.45, 2.75) is 35.1 Å². The zero-order chi connectivity index (χ0) is 19.3. The summed E-state index contributed by atoms with van der Waals surface area (Å²) in [5.74, 6) is -0.935. The van der Waals surface area contributed by atoms with Gasteiger partial charge in [0.25, 0.3) is 15.5 Å². The van der Waals surface area contributed by atoms with Gasteiger partial charge in [0.05, 0.1) is 27.1 Å². The molecule has 140 valence electrons. The van der Waals surface area contributed by atoms with Crippen LogP contribution in [0.1, 0.15) is 19.8 Å². The Bertz CT molecular complexity index is 749. The monoisotopic (exact) mass is 401 g/mol. The minimum atomic E-state index is -5.70. The summed E-state index contributed by atoms with van der Waals surface area (Å²) in [5.41, 5.74) is -6.41. The van der Waals surface area contributed by atoms with Crippen LogP contribution in [0.3, 0.4) is 0 Å². The molecule has 0 atom stereocenters. The summed E-state index contributed by atoms with van der Waals surface area (Å²) < 4.78 is 65.1. The van der Waals surface area contributed by atoms with E-state index in [0.717, 1.165) is 12.5 Å². The number of sulfone groups is 1. The molecular formula is C13H14F3NO6S2. The molecule has 25 heavy (non-hydrogen) atoms. The molecule has 0 saturated heterocycles. The highest BCUT2D eigenvalue weighted by Crippen LogP contribution is 2.36. The normalized spacial score (nSPS) is 12.0. The summed E-state index contributed by atoms with van der Waals surface area (Å²) in [7, 11) is -5.70. The average molecular weight is 401 g/mol. The van der Waals surface area contributed by atoms with Gasteiger partial charge < -0.3 is 4.74 Å². The number of ether oxygens (including phenoxy) is 1. The first-order chi connectivity index (χ1) is 11.5. The maximum atomic E-state index is 12.5. The fourth-order valence-corrected chi connectivity index (χ4v) is 3.15. The van der Waals surface area contributed by atoms with Crippen molar-refractivity contribution in [3.05, 3.63) is 28.3 Å². The Hall–Kier alpha value is -1.82. The fourth-order valence-electron chi connectivity index (χ4n) is 1.57. The van der Waals surface area contributed by atoms with Gasteiger partial charge in [-0.05, 0) is 18.6 Å². The van der Waals surface area contributed by atoms with E-state index in [-0.39, 0.29) is 17.3 Å². The molecule has 1 aromatic rings. The van der Waals surface area contributed by atoms with Crippen molar-refractivity contribution in [2.75, 3.05) is 12.4 Å². The number of nitro groups is 1. The van der Waals surface area contributed by atoms with E-state index in [4.69, 9.17) is 4.74 Å². The molecule has 7 nitrogen and oxygen atoms in total. The van der Waals surface area contributed by atoms with Crippen LogP contribution in [0, 0.1) is 10.1 Å². The third-order valence-electron chi connectivity index (χ3n) is 2.85. The molecule has 0 aliphatic carbocycles. The highest BCUT2D eigenvalue weighted by molar-refractivity contribution is 8.00. The number of nitrogens with zero attached hydrogens (tertiary/aromatic N) is 1. The van der Waals surface area contributed by atoms with E-state index < -0.39 is 36.8 Å². The molecule has 12 heteroatoms. The number of rotatable bonds is 8. The van der Waals surface area contributed by atoms with Crippen LogP contribution in [-0.2, 0) is 19.4 Å². The third-order valence-corrected chi connectivity index (χ3v) is 5.37. The Morgan fingerprint density at radius 1 is 1.36 bits per heavy atom. The molecule has 0 unspecified atom stereocenters. The van der Waals surface area contributed by atoms with Crippen LogP contribution in [0.25, 0.3) is 0 Å². The molecule has 0 aromatic heterocycles. The Morgan fingerprint density at radius 3 is 2.52 bits per heavy atom. The molecule has 1 aromatic carbocycles. The van der Waals surface area contributed by atoms with Crippen LogP contribution in [0.15, 0.2) is 28.0 Å². The Labute approximate surface area is 145 Å². The largest absolute Gasteiger partial charge is 0.501 e. The molecule has 0 heterocycles. The van der Waals surface area contributed by atoms with E-state index >= 15 is 0 Å². The number of hydrogen-bond donors (Lipinski definition) is 0. The smallest absolute Gasteiger partial charge is 0.465 e. The summed E-state index contributed by atoms with van der Waals surface area (Å²) in [4.78, 5) is 20.1. The SMILES string of the molecule is CCCCOC(=O)CSc1ccc(S(=O)(=O)C(F)(F)F)cc1[N+](=O)[O-]. The van der Waals surface area contributed by atoms with Crippen LogP contribution >= 0.6 is 11.8 Å². The van der Waals surface area contributed by atoms with E-state index in [0.29, 0.717) is 30.3 Å². The average Bonchev–Trinajstić information content (AvgIpc) is 2.51. The number of esters is 1. The number of hydrogen-bond acceptors (Lipinski definition) is 7. The highest BCUT2D eigenvalue weighted by Gasteiger charge is 2.47. The van der Waals surface area contributed by atoms with Crippen molar-refractivity contribution in [1.82, 2.24) is 0 Å². The van der Waals surface area contributed by atoms with E-state index in [1.54, 1.807) is 0 Å². The lowest BCUT2D eigenvalue weighted by atomic mass is 10.3. The Kier molecular flexibility index (Phi) is 7.23. The summed E-state index contributed by atoms with van der Waals surface area (Å²) in [6.07, 6.45) is 1.46. The number of alkyl halides is 3. The number of benzene rings is 1. The zero-order valence-electron chi connectivity index (χ0n) is 12.9. The molecule has 0 spiro atoms. The maximum absolute atomic E-state index is 12.5. The molecule has 0 N–H and O–H groups in total. The first-order valence-corrected chi connectivity index (χ1v) is 9.35. The van der Waals surface area contributed by atoms with Crippen molar-refractivity contribution in [3.8, 4) is 0 Å². The summed E-state index contributed by atoms with van der Waals surface area (Å²) >= 11 is 0.676. The van der Waals surface area contributed by atoms with Gasteiger partial charge in [-0.25, -0.2) is 8.42 Å². The number of thioether (sulfide) groups is 1. The van der Waals surface area contributed by atoms with Crippen molar-refractivity contribution >= 4 is 33.3 Å². The van der Waals surface area contributed by atoms with Crippen molar-refractivity contribution in [3.63, 3.8) is 0 Å². The van der Waals surface area contributed by atoms with Crippen LogP contribution in [0.2, 0.25) is 0 Å². The van der Waals surface area contributed by atoms with Crippen molar-refractivity contribution in [2.24, 2.45) is 0 Å². The van der Waals surface area contributed by atoms with Crippen molar-refractivity contribution < 1.29 is 36.0 Å². The quantitative estimate of drug-likeness (QED) is 0.216. The second kappa shape index (κ2) is 8.52. The minimum absolute atomic E-state index is 0.140. The van der Waals surface area contributed by atoms with Crippen LogP contribution < -0.4 is 0 Å². The van der Waals surface area contributed by atoms with E-state index in [2.05, 4.69) is 0 Å². The van der Waals surface area contributed by atoms with Gasteiger partial charge in [0.15, 0.2) is 0 Å². The van der Waals surface area contributed by atoms with Gasteiger partial charge in [-0.1, -0.05) is 13.3 Å². The molecule has 0 aliphatic rings. The first kappa shape index (κ1) is 21.2. The minimum Gasteiger partial charge on any atom is -0.465 e. The van der Waals surface area contributed by atoms with Crippen molar-refractivity contribution in [1.29, 1.82) is 0 Å². The van der Waals surface area contributed by atoms with E-state index in [1.807, 2.05) is 6.92 Å². The van der Waals surface area contributed by atoms with Gasteiger partial charge >= 0.3 is 11.5 Å². The zero-order valence-corrected chi connectivity index (χ0v) is 14.5. The van der Waals surface area contributed by atoms with Crippen LogP contribution in [0.4, 0.5) is 18.9 Å². The van der Waals surface area contributed by atoms with Crippen LogP contribution in [-0.4, -0.2) is 37.2 Å². The van der Waals surface area contributed by atoms with E-state index in [9.17, 15) is 36.5 Å². The number of halogens is 3. The molecular weight excluding hydrogens is 387 g/mol. The lowest BCUT2D eigenvalue weighted by molar-refractivity contribution is -0.388. The summed E-state index contributed by atoms with van der Waals surface area (Å²) in [5, 5.41) is 11.0.